The molecule has 1 aliphatic heterocycles. The largest absolute Gasteiger partial charge is 0.369 e. The van der Waals surface area contributed by atoms with Crippen molar-refractivity contribution in [2.24, 2.45) is 0 Å². The normalized spacial score (nSPS) is 17.8. The van der Waals surface area contributed by atoms with Gasteiger partial charge in [-0.2, -0.15) is 0 Å². The number of amides is 1. The van der Waals surface area contributed by atoms with Crippen LogP contribution in [-0.4, -0.2) is 33.9 Å². The van der Waals surface area contributed by atoms with Crippen molar-refractivity contribution in [2.45, 2.75) is 26.2 Å². The Labute approximate surface area is 146 Å². The summed E-state index contributed by atoms with van der Waals surface area (Å²) in [4.78, 5) is 32.6. The first-order valence-corrected chi connectivity index (χ1v) is 8.34. The van der Waals surface area contributed by atoms with Gasteiger partial charge in [-0.05, 0) is 37.0 Å². The summed E-state index contributed by atoms with van der Waals surface area (Å²) >= 11 is 0. The van der Waals surface area contributed by atoms with E-state index in [9.17, 15) is 9.59 Å². The second-order valence-electron chi connectivity index (χ2n) is 6.47. The van der Waals surface area contributed by atoms with Gasteiger partial charge in [-0.3, -0.25) is 14.6 Å². The summed E-state index contributed by atoms with van der Waals surface area (Å²) < 4.78 is 0. The third-order valence-electron chi connectivity index (χ3n) is 4.61. The second-order valence-corrected chi connectivity index (χ2v) is 6.47. The summed E-state index contributed by atoms with van der Waals surface area (Å²) in [6.45, 7) is 5.18. The van der Waals surface area contributed by atoms with Gasteiger partial charge in [0, 0.05) is 31.1 Å². The van der Waals surface area contributed by atoms with E-state index in [1.807, 2.05) is 38.1 Å². The van der Waals surface area contributed by atoms with E-state index < -0.39 is 0 Å². The highest BCUT2D eigenvalue weighted by Gasteiger charge is 2.28. The Kier molecular flexibility index (Phi) is 4.70. The Morgan fingerprint density at radius 3 is 2.88 bits per heavy atom. The molecule has 3 rings (SSSR count). The van der Waals surface area contributed by atoms with Crippen LogP contribution in [0.15, 0.2) is 41.2 Å². The zero-order valence-electron chi connectivity index (χ0n) is 14.5. The topological polar surface area (TPSA) is 92.1 Å². The van der Waals surface area contributed by atoms with Crippen LogP contribution in [0.1, 0.15) is 36.1 Å². The minimum Gasteiger partial charge on any atom is -0.369 e. The molecule has 1 unspecified atom stereocenters. The number of rotatable bonds is 3. The van der Waals surface area contributed by atoms with Crippen molar-refractivity contribution >= 4 is 17.4 Å². The molecule has 0 saturated carbocycles. The van der Waals surface area contributed by atoms with Crippen LogP contribution in [0.25, 0.3) is 5.57 Å². The van der Waals surface area contributed by atoms with Crippen LogP contribution in [0.3, 0.4) is 0 Å². The van der Waals surface area contributed by atoms with Gasteiger partial charge in [0.2, 0.25) is 11.9 Å². The average molecular weight is 338 g/mol. The molecular formula is C19H22N4O2. The van der Waals surface area contributed by atoms with Gasteiger partial charge in [-0.15, -0.1) is 0 Å². The molecule has 130 valence electrons. The number of likely N-dealkylation sites (tertiary alicyclic amines) is 1. The predicted octanol–water partition coefficient (Wildman–Crippen LogP) is 2.08. The number of carbonyl (C=O) groups is 1. The number of allylic oxidation sites excluding steroid dienone is 1. The van der Waals surface area contributed by atoms with Crippen molar-refractivity contribution in [3.63, 3.8) is 0 Å². The molecule has 1 aliphatic rings. The minimum absolute atomic E-state index is 0.0129. The molecule has 0 bridgehead atoms. The molecule has 1 saturated heterocycles. The summed E-state index contributed by atoms with van der Waals surface area (Å²) in [5.74, 6) is 0.143. The number of nitrogen functional groups attached to an aromatic ring is 1. The van der Waals surface area contributed by atoms with Crippen LogP contribution in [0, 0.1) is 6.92 Å². The zero-order valence-corrected chi connectivity index (χ0v) is 14.5. The Hall–Kier alpha value is -2.89. The fourth-order valence-corrected chi connectivity index (χ4v) is 3.28. The predicted molar refractivity (Wildman–Crippen MR) is 98.0 cm³/mol. The molecule has 2 heterocycles. The molecule has 1 aromatic heterocycles. The van der Waals surface area contributed by atoms with E-state index in [-0.39, 0.29) is 23.3 Å². The highest BCUT2D eigenvalue weighted by Crippen LogP contribution is 2.26. The maximum atomic E-state index is 12.6. The molecule has 6 nitrogen and oxygen atoms in total. The van der Waals surface area contributed by atoms with Crippen molar-refractivity contribution in [1.29, 1.82) is 0 Å². The van der Waals surface area contributed by atoms with E-state index in [0.29, 0.717) is 18.8 Å². The van der Waals surface area contributed by atoms with E-state index in [1.54, 1.807) is 11.0 Å². The zero-order chi connectivity index (χ0) is 18.0. The summed E-state index contributed by atoms with van der Waals surface area (Å²) in [5, 5.41) is 0. The number of nitrogens with one attached hydrogen (secondary N) is 1. The van der Waals surface area contributed by atoms with Crippen molar-refractivity contribution in [3.05, 3.63) is 63.6 Å². The number of nitrogens with two attached hydrogens (primary N) is 1. The van der Waals surface area contributed by atoms with Crippen molar-refractivity contribution in [1.82, 2.24) is 14.9 Å². The van der Waals surface area contributed by atoms with Crippen LogP contribution in [0.4, 0.5) is 5.95 Å². The van der Waals surface area contributed by atoms with Crippen LogP contribution in [0.2, 0.25) is 0 Å². The highest BCUT2D eigenvalue weighted by molar-refractivity contribution is 5.95. The maximum absolute atomic E-state index is 12.6. The lowest BCUT2D eigenvalue weighted by atomic mass is 10.0. The monoisotopic (exact) mass is 338 g/mol. The second kappa shape index (κ2) is 6.93. The van der Waals surface area contributed by atoms with E-state index in [4.69, 9.17) is 5.73 Å². The molecule has 0 spiro atoms. The lowest BCUT2D eigenvalue weighted by Gasteiger charge is -2.15. The quantitative estimate of drug-likeness (QED) is 0.838. The molecule has 1 aromatic carbocycles. The highest BCUT2D eigenvalue weighted by atomic mass is 16.2. The van der Waals surface area contributed by atoms with E-state index in [1.165, 1.54) is 6.07 Å². The summed E-state index contributed by atoms with van der Waals surface area (Å²) in [6.07, 6.45) is 2.46. The van der Waals surface area contributed by atoms with Crippen LogP contribution < -0.4 is 11.3 Å². The average Bonchev–Trinajstić information content (AvgIpc) is 3.04. The maximum Gasteiger partial charge on any atom is 0.252 e. The summed E-state index contributed by atoms with van der Waals surface area (Å²) in [6, 6.07) is 9.47. The van der Waals surface area contributed by atoms with E-state index >= 15 is 0 Å². The number of anilines is 1. The molecule has 1 atom stereocenters. The van der Waals surface area contributed by atoms with Crippen molar-refractivity contribution in [2.75, 3.05) is 18.8 Å². The fraction of sp³-hybridized carbons (Fsp3) is 0.316. The number of aromatic amines is 1. The lowest BCUT2D eigenvalue weighted by molar-refractivity contribution is -0.125. The standard InChI is InChI=1S/C19H22N4O2/c1-12-5-3-4-6-15(12)13(2)9-18(25)23-8-7-14(11-23)16-10-17(24)22-19(20)21-16/h3-6,9-10,14H,7-8,11H2,1-2H3,(H3,20,21,22,24)/b13-9+. The van der Waals surface area contributed by atoms with Crippen molar-refractivity contribution < 1.29 is 4.79 Å². The van der Waals surface area contributed by atoms with E-state index in [2.05, 4.69) is 9.97 Å². The number of hydrogen-bond donors (Lipinski definition) is 2. The first kappa shape index (κ1) is 17.0. The van der Waals surface area contributed by atoms with Gasteiger partial charge in [0.15, 0.2) is 0 Å². The molecule has 25 heavy (non-hydrogen) atoms. The van der Waals surface area contributed by atoms with Crippen LogP contribution in [0.5, 0.6) is 0 Å². The molecule has 0 aliphatic carbocycles. The minimum atomic E-state index is -0.262. The van der Waals surface area contributed by atoms with Gasteiger partial charge >= 0.3 is 0 Å². The molecule has 2 aromatic rings. The number of nitrogens with zero attached hydrogens (tertiary/aromatic N) is 2. The van der Waals surface area contributed by atoms with Gasteiger partial charge in [0.05, 0.1) is 5.69 Å². The number of H-pyrrole nitrogens is 1. The third kappa shape index (κ3) is 3.79. The summed E-state index contributed by atoms with van der Waals surface area (Å²) in [7, 11) is 0. The lowest BCUT2D eigenvalue weighted by Crippen LogP contribution is -2.27. The fourth-order valence-electron chi connectivity index (χ4n) is 3.28. The van der Waals surface area contributed by atoms with E-state index in [0.717, 1.165) is 23.1 Å². The van der Waals surface area contributed by atoms with Crippen LogP contribution >= 0.6 is 0 Å². The third-order valence-corrected chi connectivity index (χ3v) is 4.61. The number of aryl methyl sites for hydroxylation is 1. The molecule has 0 radical (unpaired) electrons. The molecule has 3 N–H and O–H groups in total. The van der Waals surface area contributed by atoms with Gasteiger partial charge in [0.1, 0.15) is 0 Å². The van der Waals surface area contributed by atoms with Crippen LogP contribution in [-0.2, 0) is 4.79 Å². The van der Waals surface area contributed by atoms with Gasteiger partial charge in [0.25, 0.3) is 5.56 Å². The van der Waals surface area contributed by atoms with Gasteiger partial charge < -0.3 is 10.6 Å². The Morgan fingerprint density at radius 2 is 2.16 bits per heavy atom. The molecule has 1 fully saturated rings. The Balaban J connectivity index is 1.73. The number of hydrogen-bond acceptors (Lipinski definition) is 4. The number of benzene rings is 1. The Bertz CT molecular complexity index is 885. The number of aromatic nitrogens is 2. The number of carbonyl (C=O) groups excluding carboxylic acids is 1. The summed E-state index contributed by atoms with van der Waals surface area (Å²) in [5.41, 5.74) is 9.17. The SMILES string of the molecule is C/C(=C\C(=O)N1CCC(c2cc(=O)[nH]c(N)n2)C1)c1ccccc1C. The Morgan fingerprint density at radius 1 is 1.40 bits per heavy atom. The smallest absolute Gasteiger partial charge is 0.252 e. The molecule has 1 amide bonds. The van der Waals surface area contributed by atoms with Gasteiger partial charge in [-0.25, -0.2) is 4.98 Å². The first-order chi connectivity index (χ1) is 11.9. The molecule has 6 heteroatoms. The first-order valence-electron chi connectivity index (χ1n) is 8.34. The van der Waals surface area contributed by atoms with Gasteiger partial charge in [-0.1, -0.05) is 24.3 Å². The van der Waals surface area contributed by atoms with Crippen molar-refractivity contribution in [3.8, 4) is 0 Å². The molecular weight excluding hydrogens is 316 g/mol.